The molecule has 138 valence electrons. The molecule has 1 heterocycles. The number of carbonyl (C=O) groups is 3. The summed E-state index contributed by atoms with van der Waals surface area (Å²) in [5, 5.41) is 2.33. The van der Waals surface area contributed by atoms with E-state index in [4.69, 9.17) is 23.2 Å². The number of benzene rings is 2. The van der Waals surface area contributed by atoms with Gasteiger partial charge in [0.15, 0.2) is 0 Å². The number of anilines is 1. The van der Waals surface area contributed by atoms with Gasteiger partial charge in [-0.2, -0.15) is 0 Å². The zero-order valence-corrected chi connectivity index (χ0v) is 15.9. The molecule has 1 N–H and O–H groups in total. The van der Waals surface area contributed by atoms with Gasteiger partial charge in [-0.25, -0.2) is 4.39 Å². The zero-order chi connectivity index (χ0) is 19.6. The third-order valence-corrected chi connectivity index (χ3v) is 5.00. The van der Waals surface area contributed by atoms with Crippen LogP contribution in [0.25, 0.3) is 6.08 Å². The second kappa shape index (κ2) is 8.12. The first-order valence-electron chi connectivity index (χ1n) is 7.59. The van der Waals surface area contributed by atoms with Crippen LogP contribution in [-0.2, 0) is 9.59 Å². The van der Waals surface area contributed by atoms with E-state index in [0.29, 0.717) is 10.6 Å². The minimum absolute atomic E-state index is 0.148. The van der Waals surface area contributed by atoms with Crippen molar-refractivity contribution in [2.45, 2.75) is 0 Å². The number of carbonyl (C=O) groups excluding carboxylic acids is 3. The van der Waals surface area contributed by atoms with Crippen molar-refractivity contribution in [3.8, 4) is 0 Å². The summed E-state index contributed by atoms with van der Waals surface area (Å²) in [6, 6.07) is 10.4. The number of imide groups is 1. The Morgan fingerprint density at radius 1 is 1.15 bits per heavy atom. The van der Waals surface area contributed by atoms with Gasteiger partial charge in [-0.05, 0) is 53.7 Å². The third-order valence-electron chi connectivity index (χ3n) is 3.55. The summed E-state index contributed by atoms with van der Waals surface area (Å²) in [6.45, 7) is -0.461. The topological polar surface area (TPSA) is 66.5 Å². The van der Waals surface area contributed by atoms with Crippen LogP contribution < -0.4 is 5.32 Å². The van der Waals surface area contributed by atoms with Gasteiger partial charge in [-0.1, -0.05) is 35.3 Å². The van der Waals surface area contributed by atoms with E-state index in [9.17, 15) is 18.8 Å². The Morgan fingerprint density at radius 3 is 2.52 bits per heavy atom. The highest BCUT2D eigenvalue weighted by Gasteiger charge is 2.36. The predicted octanol–water partition coefficient (Wildman–Crippen LogP) is 4.81. The minimum atomic E-state index is -0.618. The highest BCUT2D eigenvalue weighted by Crippen LogP contribution is 2.32. The van der Waals surface area contributed by atoms with Crippen LogP contribution in [-0.4, -0.2) is 28.5 Å². The molecule has 2 aromatic carbocycles. The molecule has 3 amide bonds. The van der Waals surface area contributed by atoms with Crippen LogP contribution in [0.1, 0.15) is 5.56 Å². The maximum absolute atomic E-state index is 13.2. The van der Waals surface area contributed by atoms with Crippen LogP contribution in [0, 0.1) is 5.82 Å². The SMILES string of the molecule is O=C(CN1C(=O)S/C(=C/c2ccc(Cl)cc2)C1=O)Nc1ccc(F)c(Cl)c1. The Kier molecular flexibility index (Phi) is 5.84. The fourth-order valence-electron chi connectivity index (χ4n) is 2.26. The van der Waals surface area contributed by atoms with Crippen molar-refractivity contribution in [1.82, 2.24) is 4.90 Å². The molecular weight excluding hydrogens is 414 g/mol. The molecule has 2 aromatic rings. The average molecular weight is 425 g/mol. The van der Waals surface area contributed by atoms with Gasteiger partial charge in [0.25, 0.3) is 11.1 Å². The molecule has 0 aromatic heterocycles. The van der Waals surface area contributed by atoms with Crippen molar-refractivity contribution in [3.05, 3.63) is 68.8 Å². The summed E-state index contributed by atoms with van der Waals surface area (Å²) in [6.07, 6.45) is 1.55. The Hall–Kier alpha value is -2.35. The summed E-state index contributed by atoms with van der Waals surface area (Å²) in [5.74, 6) is -1.78. The Bertz CT molecular complexity index is 964. The lowest BCUT2D eigenvalue weighted by molar-refractivity contribution is -0.127. The van der Waals surface area contributed by atoms with Gasteiger partial charge in [0.05, 0.1) is 9.93 Å². The third kappa shape index (κ3) is 4.68. The summed E-state index contributed by atoms with van der Waals surface area (Å²) < 4.78 is 13.2. The molecule has 0 atom stereocenters. The van der Waals surface area contributed by atoms with Gasteiger partial charge >= 0.3 is 0 Å². The van der Waals surface area contributed by atoms with E-state index in [0.717, 1.165) is 22.7 Å². The number of halogens is 3. The molecule has 0 radical (unpaired) electrons. The van der Waals surface area contributed by atoms with E-state index < -0.39 is 29.4 Å². The van der Waals surface area contributed by atoms with E-state index >= 15 is 0 Å². The van der Waals surface area contributed by atoms with Crippen molar-refractivity contribution in [2.24, 2.45) is 0 Å². The van der Waals surface area contributed by atoms with E-state index in [2.05, 4.69) is 5.32 Å². The van der Waals surface area contributed by atoms with Gasteiger partial charge in [0.2, 0.25) is 5.91 Å². The first kappa shape index (κ1) is 19.4. The van der Waals surface area contributed by atoms with Crippen molar-refractivity contribution < 1.29 is 18.8 Å². The maximum Gasteiger partial charge on any atom is 0.294 e. The molecule has 1 aliphatic heterocycles. The number of hydrogen-bond acceptors (Lipinski definition) is 4. The summed E-state index contributed by atoms with van der Waals surface area (Å²) in [7, 11) is 0. The van der Waals surface area contributed by atoms with Crippen LogP contribution in [0.4, 0.5) is 14.9 Å². The van der Waals surface area contributed by atoms with Crippen LogP contribution in [0.15, 0.2) is 47.4 Å². The molecular formula is C18H11Cl2FN2O3S. The second-order valence-electron chi connectivity index (χ2n) is 5.50. The number of nitrogens with one attached hydrogen (secondary N) is 1. The van der Waals surface area contributed by atoms with Crippen LogP contribution in [0.5, 0.6) is 0 Å². The maximum atomic E-state index is 13.2. The number of nitrogens with zero attached hydrogens (tertiary/aromatic N) is 1. The van der Waals surface area contributed by atoms with Gasteiger partial charge < -0.3 is 5.32 Å². The van der Waals surface area contributed by atoms with Crippen molar-refractivity contribution in [2.75, 3.05) is 11.9 Å². The molecule has 0 bridgehead atoms. The molecule has 27 heavy (non-hydrogen) atoms. The smallest absolute Gasteiger partial charge is 0.294 e. The van der Waals surface area contributed by atoms with Crippen molar-refractivity contribution >= 4 is 63.8 Å². The monoisotopic (exact) mass is 424 g/mol. The molecule has 1 fully saturated rings. The molecule has 3 rings (SSSR count). The number of thioether (sulfide) groups is 1. The van der Waals surface area contributed by atoms with Gasteiger partial charge in [-0.3, -0.25) is 19.3 Å². The minimum Gasteiger partial charge on any atom is -0.324 e. The fraction of sp³-hybridized carbons (Fsp3) is 0.0556. The number of hydrogen-bond donors (Lipinski definition) is 1. The zero-order valence-electron chi connectivity index (χ0n) is 13.5. The fourth-order valence-corrected chi connectivity index (χ4v) is 3.41. The van der Waals surface area contributed by atoms with Crippen molar-refractivity contribution in [1.29, 1.82) is 0 Å². The second-order valence-corrected chi connectivity index (χ2v) is 7.33. The van der Waals surface area contributed by atoms with Gasteiger partial charge in [-0.15, -0.1) is 0 Å². The quantitative estimate of drug-likeness (QED) is 0.715. The van der Waals surface area contributed by atoms with Crippen LogP contribution >= 0.6 is 35.0 Å². The Morgan fingerprint density at radius 2 is 1.85 bits per heavy atom. The van der Waals surface area contributed by atoms with E-state index in [-0.39, 0.29) is 15.6 Å². The highest BCUT2D eigenvalue weighted by molar-refractivity contribution is 8.18. The molecule has 1 aliphatic rings. The summed E-state index contributed by atoms with van der Waals surface area (Å²) in [5.41, 5.74) is 0.963. The molecule has 9 heteroatoms. The van der Waals surface area contributed by atoms with E-state index in [1.807, 2.05) is 0 Å². The molecule has 5 nitrogen and oxygen atoms in total. The summed E-state index contributed by atoms with van der Waals surface area (Å²) >= 11 is 12.2. The first-order valence-corrected chi connectivity index (χ1v) is 9.16. The predicted molar refractivity (Wildman–Crippen MR) is 104 cm³/mol. The van der Waals surface area contributed by atoms with E-state index in [1.54, 1.807) is 30.3 Å². The normalized spacial score (nSPS) is 15.5. The largest absolute Gasteiger partial charge is 0.324 e. The molecule has 0 spiro atoms. The lowest BCUT2D eigenvalue weighted by Gasteiger charge is -2.12. The standard InChI is InChI=1S/C18H11Cl2FN2O3S/c19-11-3-1-10(2-4-11)7-15-17(25)23(18(26)27-15)9-16(24)22-12-5-6-14(21)13(20)8-12/h1-8H,9H2,(H,22,24)/b15-7+. The molecule has 0 unspecified atom stereocenters. The molecule has 1 saturated heterocycles. The van der Waals surface area contributed by atoms with Crippen LogP contribution in [0.2, 0.25) is 10.0 Å². The summed E-state index contributed by atoms with van der Waals surface area (Å²) in [4.78, 5) is 37.7. The van der Waals surface area contributed by atoms with E-state index in [1.165, 1.54) is 12.1 Å². The number of amides is 3. The average Bonchev–Trinajstić information content (AvgIpc) is 2.87. The Balaban J connectivity index is 1.68. The highest BCUT2D eigenvalue weighted by atomic mass is 35.5. The van der Waals surface area contributed by atoms with Crippen LogP contribution in [0.3, 0.4) is 0 Å². The number of rotatable bonds is 4. The Labute approximate surface area is 168 Å². The molecule has 0 saturated carbocycles. The van der Waals surface area contributed by atoms with Gasteiger partial charge in [0, 0.05) is 10.7 Å². The van der Waals surface area contributed by atoms with Crippen molar-refractivity contribution in [3.63, 3.8) is 0 Å². The lowest BCUT2D eigenvalue weighted by atomic mass is 10.2. The lowest BCUT2D eigenvalue weighted by Crippen LogP contribution is -2.36. The van der Waals surface area contributed by atoms with Gasteiger partial charge in [0.1, 0.15) is 12.4 Å². The molecule has 0 aliphatic carbocycles. The first-order chi connectivity index (χ1) is 12.8.